The minimum Gasteiger partial charge on any atom is -0.486 e. The van der Waals surface area contributed by atoms with E-state index in [1.54, 1.807) is 0 Å². The Hall–Kier alpha value is -2.51. The summed E-state index contributed by atoms with van der Waals surface area (Å²) in [7, 11) is 2.05. The van der Waals surface area contributed by atoms with Crippen LogP contribution >= 0.6 is 0 Å². The van der Waals surface area contributed by atoms with E-state index in [0.717, 1.165) is 35.7 Å². The van der Waals surface area contributed by atoms with Gasteiger partial charge < -0.3 is 9.47 Å². The summed E-state index contributed by atoms with van der Waals surface area (Å²) >= 11 is 0. The first-order valence-corrected chi connectivity index (χ1v) is 7.31. The fraction of sp³-hybridized carbons (Fsp3) is 0.278. The molecular formula is C18H18N2O2. The second-order valence-electron chi connectivity index (χ2n) is 5.42. The number of rotatable bonds is 4. The van der Waals surface area contributed by atoms with Gasteiger partial charge in [-0.05, 0) is 36.4 Å². The van der Waals surface area contributed by atoms with Gasteiger partial charge in [-0.2, -0.15) is 5.26 Å². The normalized spacial score (nSPS) is 13.0. The van der Waals surface area contributed by atoms with Crippen LogP contribution in [0.2, 0.25) is 0 Å². The van der Waals surface area contributed by atoms with Crippen molar-refractivity contribution >= 4 is 0 Å². The molecular weight excluding hydrogens is 276 g/mol. The highest BCUT2D eigenvalue weighted by molar-refractivity contribution is 5.44. The Bertz CT molecular complexity index is 706. The van der Waals surface area contributed by atoms with Crippen molar-refractivity contribution in [3.8, 4) is 17.6 Å². The third kappa shape index (κ3) is 3.21. The number of benzene rings is 2. The molecule has 0 bridgehead atoms. The van der Waals surface area contributed by atoms with E-state index in [9.17, 15) is 0 Å². The number of ether oxygens (including phenoxy) is 2. The van der Waals surface area contributed by atoms with Crippen LogP contribution in [0.25, 0.3) is 0 Å². The SMILES string of the molecule is CN(Cc1ccc2c(c1)OCCO2)Cc1ccccc1C#N. The lowest BCUT2D eigenvalue weighted by Crippen LogP contribution is -2.19. The van der Waals surface area contributed by atoms with Crippen molar-refractivity contribution in [3.05, 3.63) is 59.2 Å². The first-order valence-electron chi connectivity index (χ1n) is 7.31. The van der Waals surface area contributed by atoms with Gasteiger partial charge in [-0.1, -0.05) is 24.3 Å². The Morgan fingerprint density at radius 2 is 1.82 bits per heavy atom. The first-order chi connectivity index (χ1) is 10.8. The van der Waals surface area contributed by atoms with E-state index in [-0.39, 0.29) is 0 Å². The maximum atomic E-state index is 9.15. The zero-order valence-electron chi connectivity index (χ0n) is 12.6. The van der Waals surface area contributed by atoms with Gasteiger partial charge in [0.2, 0.25) is 0 Å². The fourth-order valence-electron chi connectivity index (χ4n) is 2.61. The molecule has 0 atom stereocenters. The summed E-state index contributed by atoms with van der Waals surface area (Å²) in [5.41, 5.74) is 2.95. The molecule has 2 aromatic rings. The van der Waals surface area contributed by atoms with E-state index in [0.29, 0.717) is 13.2 Å². The maximum absolute atomic E-state index is 9.15. The number of nitriles is 1. The Morgan fingerprint density at radius 1 is 1.05 bits per heavy atom. The largest absolute Gasteiger partial charge is 0.486 e. The molecule has 1 aliphatic rings. The standard InChI is InChI=1S/C18H18N2O2/c1-20(13-16-5-3-2-4-15(16)11-19)12-14-6-7-17-18(10-14)22-9-8-21-17/h2-7,10H,8-9,12-13H2,1H3. The summed E-state index contributed by atoms with van der Waals surface area (Å²) in [6.45, 7) is 2.73. The van der Waals surface area contributed by atoms with Crippen molar-refractivity contribution in [2.24, 2.45) is 0 Å². The minimum atomic E-state index is 0.599. The van der Waals surface area contributed by atoms with E-state index >= 15 is 0 Å². The maximum Gasteiger partial charge on any atom is 0.161 e. The molecule has 4 heteroatoms. The van der Waals surface area contributed by atoms with Crippen LogP contribution in [-0.2, 0) is 13.1 Å². The minimum absolute atomic E-state index is 0.599. The summed E-state index contributed by atoms with van der Waals surface area (Å²) < 4.78 is 11.1. The molecule has 1 aliphatic heterocycles. The summed E-state index contributed by atoms with van der Waals surface area (Å²) in [4.78, 5) is 2.18. The predicted octanol–water partition coefficient (Wildman–Crippen LogP) is 2.96. The second-order valence-corrected chi connectivity index (χ2v) is 5.42. The topological polar surface area (TPSA) is 45.5 Å². The van der Waals surface area contributed by atoms with Crippen LogP contribution in [0.15, 0.2) is 42.5 Å². The average Bonchev–Trinajstić information content (AvgIpc) is 2.55. The summed E-state index contributed by atoms with van der Waals surface area (Å²) in [6, 6.07) is 16.0. The van der Waals surface area contributed by atoms with Gasteiger partial charge in [-0.3, -0.25) is 4.90 Å². The number of hydrogen-bond acceptors (Lipinski definition) is 4. The molecule has 22 heavy (non-hydrogen) atoms. The highest BCUT2D eigenvalue weighted by atomic mass is 16.6. The van der Waals surface area contributed by atoms with Gasteiger partial charge >= 0.3 is 0 Å². The lowest BCUT2D eigenvalue weighted by molar-refractivity contribution is 0.171. The molecule has 0 aromatic heterocycles. The fourth-order valence-corrected chi connectivity index (χ4v) is 2.61. The van der Waals surface area contributed by atoms with E-state index in [1.807, 2.05) is 43.4 Å². The van der Waals surface area contributed by atoms with E-state index in [1.165, 1.54) is 5.56 Å². The Morgan fingerprint density at radius 3 is 2.64 bits per heavy atom. The van der Waals surface area contributed by atoms with Crippen LogP contribution in [0.1, 0.15) is 16.7 Å². The van der Waals surface area contributed by atoms with Crippen LogP contribution in [0.3, 0.4) is 0 Å². The summed E-state index contributed by atoms with van der Waals surface area (Å²) in [5, 5.41) is 9.15. The van der Waals surface area contributed by atoms with Gasteiger partial charge in [0.25, 0.3) is 0 Å². The highest BCUT2D eigenvalue weighted by Gasteiger charge is 2.13. The molecule has 1 heterocycles. The van der Waals surface area contributed by atoms with Crippen molar-refractivity contribution in [1.82, 2.24) is 4.90 Å². The molecule has 0 saturated heterocycles. The van der Waals surface area contributed by atoms with Crippen LogP contribution in [-0.4, -0.2) is 25.2 Å². The predicted molar refractivity (Wildman–Crippen MR) is 83.8 cm³/mol. The van der Waals surface area contributed by atoms with Crippen LogP contribution in [0.4, 0.5) is 0 Å². The highest BCUT2D eigenvalue weighted by Crippen LogP contribution is 2.31. The van der Waals surface area contributed by atoms with Crippen molar-refractivity contribution < 1.29 is 9.47 Å². The molecule has 112 valence electrons. The third-order valence-corrected chi connectivity index (χ3v) is 3.64. The number of hydrogen-bond donors (Lipinski definition) is 0. The molecule has 0 radical (unpaired) electrons. The monoisotopic (exact) mass is 294 g/mol. The van der Waals surface area contributed by atoms with Gasteiger partial charge in [0.1, 0.15) is 13.2 Å². The van der Waals surface area contributed by atoms with Crippen molar-refractivity contribution in [2.75, 3.05) is 20.3 Å². The van der Waals surface area contributed by atoms with E-state index in [2.05, 4.69) is 17.0 Å². The molecule has 0 unspecified atom stereocenters. The molecule has 2 aromatic carbocycles. The second kappa shape index (κ2) is 6.50. The van der Waals surface area contributed by atoms with Gasteiger partial charge in [0, 0.05) is 13.1 Å². The van der Waals surface area contributed by atoms with Gasteiger partial charge in [-0.25, -0.2) is 0 Å². The quantitative estimate of drug-likeness (QED) is 0.869. The van der Waals surface area contributed by atoms with E-state index in [4.69, 9.17) is 14.7 Å². The van der Waals surface area contributed by atoms with Crippen LogP contribution < -0.4 is 9.47 Å². The number of nitrogens with zero attached hydrogens (tertiary/aromatic N) is 2. The zero-order valence-corrected chi connectivity index (χ0v) is 12.6. The smallest absolute Gasteiger partial charge is 0.161 e. The van der Waals surface area contributed by atoms with Crippen LogP contribution in [0.5, 0.6) is 11.5 Å². The molecule has 4 nitrogen and oxygen atoms in total. The molecule has 0 aliphatic carbocycles. The summed E-state index contributed by atoms with van der Waals surface area (Å²) in [5.74, 6) is 1.63. The first kappa shape index (κ1) is 14.4. The molecule has 0 N–H and O–H groups in total. The zero-order chi connectivity index (χ0) is 15.4. The Labute approximate surface area is 130 Å². The molecule has 0 saturated carbocycles. The molecule has 0 spiro atoms. The van der Waals surface area contributed by atoms with Crippen molar-refractivity contribution in [2.45, 2.75) is 13.1 Å². The van der Waals surface area contributed by atoms with Gasteiger partial charge in [0.15, 0.2) is 11.5 Å². The Balaban J connectivity index is 1.69. The number of fused-ring (bicyclic) bond motifs is 1. The molecule has 0 fully saturated rings. The lowest BCUT2D eigenvalue weighted by atomic mass is 10.1. The van der Waals surface area contributed by atoms with Gasteiger partial charge in [0.05, 0.1) is 11.6 Å². The molecule has 0 amide bonds. The van der Waals surface area contributed by atoms with E-state index < -0.39 is 0 Å². The average molecular weight is 294 g/mol. The van der Waals surface area contributed by atoms with Crippen molar-refractivity contribution in [3.63, 3.8) is 0 Å². The van der Waals surface area contributed by atoms with Gasteiger partial charge in [-0.15, -0.1) is 0 Å². The Kier molecular flexibility index (Phi) is 4.27. The van der Waals surface area contributed by atoms with Crippen molar-refractivity contribution in [1.29, 1.82) is 5.26 Å². The third-order valence-electron chi connectivity index (χ3n) is 3.64. The lowest BCUT2D eigenvalue weighted by Gasteiger charge is -2.21. The molecule has 3 rings (SSSR count). The van der Waals surface area contributed by atoms with Crippen LogP contribution in [0, 0.1) is 11.3 Å². The summed E-state index contributed by atoms with van der Waals surface area (Å²) in [6.07, 6.45) is 0.